The molecule has 3 aromatic rings. The minimum absolute atomic E-state index is 0.0265. The van der Waals surface area contributed by atoms with Crippen LogP contribution in [0.25, 0.3) is 10.7 Å². The fourth-order valence-electron chi connectivity index (χ4n) is 1.91. The van der Waals surface area contributed by atoms with Gasteiger partial charge in [0.1, 0.15) is 17.5 Å². The molecule has 0 saturated carbocycles. The van der Waals surface area contributed by atoms with Crippen LogP contribution in [0.2, 0.25) is 0 Å². The number of nitrogens with zero attached hydrogens (tertiary/aromatic N) is 3. The minimum Gasteiger partial charge on any atom is -0.478 e. The predicted molar refractivity (Wildman–Crippen MR) is 81.2 cm³/mol. The molecule has 0 aliphatic heterocycles. The summed E-state index contributed by atoms with van der Waals surface area (Å²) < 4.78 is 9.69. The Morgan fingerprint density at radius 2 is 2.21 bits per heavy atom. The molecule has 0 atom stereocenters. The smallest absolute Gasteiger partial charge is 0.341 e. The van der Waals surface area contributed by atoms with E-state index in [-0.39, 0.29) is 36.6 Å². The van der Waals surface area contributed by atoms with E-state index in [0.29, 0.717) is 11.7 Å². The normalized spacial score (nSPS) is 10.7. The van der Waals surface area contributed by atoms with Gasteiger partial charge in [0.2, 0.25) is 17.6 Å². The number of amides is 1. The van der Waals surface area contributed by atoms with Gasteiger partial charge in [-0.05, 0) is 11.4 Å². The molecule has 3 heterocycles. The zero-order valence-electron chi connectivity index (χ0n) is 12.3. The Hall–Kier alpha value is -3.01. The lowest BCUT2D eigenvalue weighted by atomic mass is 10.2. The Bertz CT molecular complexity index is 839. The fourth-order valence-corrected chi connectivity index (χ4v) is 2.56. The fraction of sp³-hybridized carbons (Fsp3) is 0.214. The molecule has 9 nitrogen and oxygen atoms in total. The Kier molecular flexibility index (Phi) is 4.66. The van der Waals surface area contributed by atoms with Crippen molar-refractivity contribution in [1.29, 1.82) is 0 Å². The van der Waals surface area contributed by atoms with Crippen LogP contribution in [0.3, 0.4) is 0 Å². The zero-order chi connectivity index (χ0) is 16.9. The molecule has 0 aliphatic carbocycles. The van der Waals surface area contributed by atoms with Crippen LogP contribution in [0.5, 0.6) is 0 Å². The first kappa shape index (κ1) is 15.9. The summed E-state index contributed by atoms with van der Waals surface area (Å²) >= 11 is 1.50. The zero-order valence-corrected chi connectivity index (χ0v) is 13.1. The lowest BCUT2D eigenvalue weighted by Gasteiger charge is -2.01. The van der Waals surface area contributed by atoms with Crippen molar-refractivity contribution >= 4 is 23.2 Å². The van der Waals surface area contributed by atoms with Crippen LogP contribution >= 0.6 is 11.3 Å². The van der Waals surface area contributed by atoms with Crippen LogP contribution in [0.15, 0.2) is 32.8 Å². The van der Waals surface area contributed by atoms with Crippen molar-refractivity contribution in [3.05, 3.63) is 40.9 Å². The molecule has 10 heteroatoms. The van der Waals surface area contributed by atoms with Crippen molar-refractivity contribution in [2.45, 2.75) is 19.4 Å². The third-order valence-corrected chi connectivity index (χ3v) is 3.97. The van der Waals surface area contributed by atoms with Crippen LogP contribution in [0.1, 0.15) is 28.4 Å². The summed E-state index contributed by atoms with van der Waals surface area (Å²) in [4.78, 5) is 27.8. The first-order valence-electron chi connectivity index (χ1n) is 6.93. The van der Waals surface area contributed by atoms with Gasteiger partial charge in [0.15, 0.2) is 0 Å². The largest absolute Gasteiger partial charge is 0.478 e. The standard InChI is InChI=1S/C14H12N4O5S/c19-11(15-6-9-8(14(20)21)7-22-17-9)3-4-12-16-13(18-23-12)10-2-1-5-24-10/h1-2,5,7H,3-4,6H2,(H,15,19)(H,20,21). The molecule has 0 saturated heterocycles. The van der Waals surface area contributed by atoms with Crippen LogP contribution in [0.4, 0.5) is 0 Å². The lowest BCUT2D eigenvalue weighted by Crippen LogP contribution is -2.24. The molecule has 0 aromatic carbocycles. The van der Waals surface area contributed by atoms with E-state index in [0.717, 1.165) is 11.1 Å². The quantitative estimate of drug-likeness (QED) is 0.660. The van der Waals surface area contributed by atoms with E-state index in [1.807, 2.05) is 17.5 Å². The van der Waals surface area contributed by atoms with Crippen LogP contribution in [-0.2, 0) is 17.8 Å². The molecule has 2 N–H and O–H groups in total. The highest BCUT2D eigenvalue weighted by atomic mass is 32.1. The van der Waals surface area contributed by atoms with Crippen molar-refractivity contribution in [3.63, 3.8) is 0 Å². The van der Waals surface area contributed by atoms with E-state index in [2.05, 4.69) is 25.1 Å². The van der Waals surface area contributed by atoms with Crippen LogP contribution in [0, 0.1) is 0 Å². The first-order valence-corrected chi connectivity index (χ1v) is 7.81. The van der Waals surface area contributed by atoms with Crippen LogP contribution in [-0.4, -0.2) is 32.3 Å². The molecule has 24 heavy (non-hydrogen) atoms. The second-order valence-corrected chi connectivity index (χ2v) is 5.69. The van der Waals surface area contributed by atoms with E-state index in [1.54, 1.807) is 0 Å². The topological polar surface area (TPSA) is 131 Å². The summed E-state index contributed by atoms with van der Waals surface area (Å²) in [6.45, 7) is -0.0265. The SMILES string of the molecule is O=C(CCc1nc(-c2cccs2)no1)NCc1nocc1C(=O)O. The number of carbonyl (C=O) groups is 2. The van der Waals surface area contributed by atoms with Gasteiger partial charge in [-0.3, -0.25) is 4.79 Å². The monoisotopic (exact) mass is 348 g/mol. The maximum absolute atomic E-state index is 11.8. The maximum Gasteiger partial charge on any atom is 0.341 e. The molecule has 3 rings (SSSR count). The maximum atomic E-state index is 11.8. The van der Waals surface area contributed by atoms with Gasteiger partial charge in [0, 0.05) is 12.8 Å². The molecule has 0 unspecified atom stereocenters. The van der Waals surface area contributed by atoms with Gasteiger partial charge in [-0.25, -0.2) is 4.79 Å². The van der Waals surface area contributed by atoms with E-state index < -0.39 is 5.97 Å². The number of carboxylic acid groups (broad SMARTS) is 1. The lowest BCUT2D eigenvalue weighted by molar-refractivity contribution is -0.121. The number of hydrogen-bond acceptors (Lipinski definition) is 8. The van der Waals surface area contributed by atoms with E-state index >= 15 is 0 Å². The Morgan fingerprint density at radius 3 is 2.96 bits per heavy atom. The summed E-state index contributed by atoms with van der Waals surface area (Å²) in [7, 11) is 0. The Balaban J connectivity index is 1.49. The molecule has 124 valence electrons. The molecule has 1 amide bonds. The van der Waals surface area contributed by atoms with Crippen molar-refractivity contribution in [2.24, 2.45) is 0 Å². The summed E-state index contributed by atoms with van der Waals surface area (Å²) in [5, 5.41) is 20.8. The van der Waals surface area contributed by atoms with Gasteiger partial charge < -0.3 is 19.5 Å². The molecule has 0 aliphatic rings. The van der Waals surface area contributed by atoms with E-state index in [1.165, 1.54) is 11.3 Å². The third kappa shape index (κ3) is 3.66. The number of rotatable bonds is 7. The van der Waals surface area contributed by atoms with E-state index in [9.17, 15) is 9.59 Å². The van der Waals surface area contributed by atoms with Gasteiger partial charge >= 0.3 is 5.97 Å². The Morgan fingerprint density at radius 1 is 1.33 bits per heavy atom. The first-order chi connectivity index (χ1) is 11.6. The average Bonchev–Trinajstić information content (AvgIpc) is 3.31. The second kappa shape index (κ2) is 7.04. The number of carboxylic acids is 1. The summed E-state index contributed by atoms with van der Waals surface area (Å²) in [5.41, 5.74) is 0.0846. The minimum atomic E-state index is -1.16. The summed E-state index contributed by atoms with van der Waals surface area (Å²) in [6.07, 6.45) is 1.44. The number of aromatic nitrogens is 3. The van der Waals surface area contributed by atoms with Gasteiger partial charge in [-0.1, -0.05) is 16.4 Å². The predicted octanol–water partition coefficient (Wildman–Crippen LogP) is 1.73. The summed E-state index contributed by atoms with van der Waals surface area (Å²) in [5.74, 6) is -0.590. The molecule has 3 aromatic heterocycles. The second-order valence-electron chi connectivity index (χ2n) is 4.75. The van der Waals surface area contributed by atoms with Gasteiger partial charge in [-0.2, -0.15) is 4.98 Å². The van der Waals surface area contributed by atoms with Crippen molar-refractivity contribution in [2.75, 3.05) is 0 Å². The molecular weight excluding hydrogens is 336 g/mol. The number of carbonyl (C=O) groups excluding carboxylic acids is 1. The van der Waals surface area contributed by atoms with Crippen LogP contribution < -0.4 is 5.32 Å². The third-order valence-electron chi connectivity index (χ3n) is 3.10. The highest BCUT2D eigenvalue weighted by Crippen LogP contribution is 2.21. The number of aromatic carboxylic acids is 1. The van der Waals surface area contributed by atoms with E-state index in [4.69, 9.17) is 9.63 Å². The van der Waals surface area contributed by atoms with Crippen molar-refractivity contribution in [3.8, 4) is 10.7 Å². The molecule has 0 bridgehead atoms. The highest BCUT2D eigenvalue weighted by Gasteiger charge is 2.16. The highest BCUT2D eigenvalue weighted by molar-refractivity contribution is 7.13. The number of thiophene rings is 1. The number of nitrogens with one attached hydrogen (secondary N) is 1. The number of hydrogen-bond donors (Lipinski definition) is 2. The van der Waals surface area contributed by atoms with Crippen molar-refractivity contribution < 1.29 is 23.7 Å². The number of aryl methyl sites for hydroxylation is 1. The molecular formula is C14H12N4O5S. The van der Waals surface area contributed by atoms with Gasteiger partial charge in [-0.15, -0.1) is 11.3 Å². The molecule has 0 fully saturated rings. The van der Waals surface area contributed by atoms with Crippen molar-refractivity contribution in [1.82, 2.24) is 20.6 Å². The van der Waals surface area contributed by atoms with Gasteiger partial charge in [0.25, 0.3) is 0 Å². The summed E-state index contributed by atoms with van der Waals surface area (Å²) in [6, 6.07) is 3.77. The van der Waals surface area contributed by atoms with Gasteiger partial charge in [0.05, 0.1) is 11.4 Å². The molecule has 0 radical (unpaired) electrons. The average molecular weight is 348 g/mol. The Labute approximate surface area is 139 Å². The molecule has 0 spiro atoms.